The van der Waals surface area contributed by atoms with Gasteiger partial charge in [0.1, 0.15) is 12.1 Å². The van der Waals surface area contributed by atoms with Crippen LogP contribution in [0.4, 0.5) is 0 Å². The molecule has 0 spiro atoms. The first kappa shape index (κ1) is 8.79. The molecule has 2 unspecified atom stereocenters. The summed E-state index contributed by atoms with van der Waals surface area (Å²) in [5.74, 6) is 0. The minimum absolute atomic E-state index is 0.722. The Kier molecular flexibility index (Phi) is 2.38. The normalized spacial score (nSPS) is 34.5. The van der Waals surface area contributed by atoms with E-state index in [1.54, 1.807) is 0 Å². The molecule has 1 nitrogen and oxygen atoms in total. The van der Waals surface area contributed by atoms with Crippen LogP contribution in [0.25, 0.3) is 0 Å². The molecule has 1 aliphatic rings. The van der Waals surface area contributed by atoms with E-state index < -0.39 is 0 Å². The van der Waals surface area contributed by atoms with Crippen LogP contribution in [-0.4, -0.2) is 29.7 Å². The maximum atomic E-state index is 2.36. The van der Waals surface area contributed by atoms with Crippen molar-refractivity contribution < 1.29 is 4.48 Å². The maximum Gasteiger partial charge on any atom is 0.105 e. The lowest BCUT2D eigenvalue weighted by Gasteiger charge is -2.41. The molecule has 0 radical (unpaired) electrons. The minimum atomic E-state index is 0.722. The molecule has 0 aromatic rings. The first-order chi connectivity index (χ1) is 5.17. The first-order valence-corrected chi connectivity index (χ1v) is 4.72. The van der Waals surface area contributed by atoms with Crippen LogP contribution < -0.4 is 0 Å². The minimum Gasteiger partial charge on any atom is -0.313 e. The molecule has 0 N–H and O–H groups in total. The van der Waals surface area contributed by atoms with Crippen molar-refractivity contribution in [3.05, 3.63) is 12.2 Å². The van der Waals surface area contributed by atoms with Gasteiger partial charge in [-0.2, -0.15) is 0 Å². The lowest BCUT2D eigenvalue weighted by Crippen LogP contribution is -2.55. The fourth-order valence-electron chi connectivity index (χ4n) is 2.41. The van der Waals surface area contributed by atoms with E-state index in [0.29, 0.717) is 0 Å². The SMILES string of the molecule is CC[N+]1(CC)C(C)C=CC1C. The van der Waals surface area contributed by atoms with Crippen LogP contribution in [-0.2, 0) is 0 Å². The summed E-state index contributed by atoms with van der Waals surface area (Å²) in [6.07, 6.45) is 4.72. The van der Waals surface area contributed by atoms with Gasteiger partial charge in [0.15, 0.2) is 0 Å². The van der Waals surface area contributed by atoms with Crippen molar-refractivity contribution in [2.75, 3.05) is 13.1 Å². The Morgan fingerprint density at radius 2 is 1.36 bits per heavy atom. The van der Waals surface area contributed by atoms with Gasteiger partial charge >= 0.3 is 0 Å². The van der Waals surface area contributed by atoms with E-state index in [9.17, 15) is 0 Å². The summed E-state index contributed by atoms with van der Waals surface area (Å²) in [5.41, 5.74) is 0. The van der Waals surface area contributed by atoms with Crippen LogP contribution in [0.5, 0.6) is 0 Å². The fraction of sp³-hybridized carbons (Fsp3) is 0.800. The number of hydrogen-bond acceptors (Lipinski definition) is 0. The highest BCUT2D eigenvalue weighted by atomic mass is 15.4. The van der Waals surface area contributed by atoms with Crippen LogP contribution in [0.1, 0.15) is 27.7 Å². The molecule has 0 aliphatic carbocycles. The van der Waals surface area contributed by atoms with Gasteiger partial charge in [-0.25, -0.2) is 0 Å². The second kappa shape index (κ2) is 2.98. The standard InChI is InChI=1S/C10H20N/c1-5-11(6-2)9(3)7-8-10(11)4/h7-10H,5-6H2,1-4H3/q+1. The zero-order chi connectivity index (χ0) is 8.48. The highest BCUT2D eigenvalue weighted by Gasteiger charge is 2.37. The van der Waals surface area contributed by atoms with Crippen LogP contribution in [0.3, 0.4) is 0 Å². The summed E-state index contributed by atoms with van der Waals surface area (Å²) in [6, 6.07) is 1.44. The molecule has 2 atom stereocenters. The predicted octanol–water partition coefficient (Wildman–Crippen LogP) is 2.19. The molecule has 0 aromatic carbocycles. The second-order valence-electron chi connectivity index (χ2n) is 3.60. The van der Waals surface area contributed by atoms with Crippen LogP contribution in [0, 0.1) is 0 Å². The summed E-state index contributed by atoms with van der Waals surface area (Å²) in [5, 5.41) is 0. The lowest BCUT2D eigenvalue weighted by atomic mass is 10.2. The van der Waals surface area contributed by atoms with E-state index >= 15 is 0 Å². The molecular weight excluding hydrogens is 134 g/mol. The van der Waals surface area contributed by atoms with Crippen molar-refractivity contribution in [3.8, 4) is 0 Å². The Balaban J connectivity index is 2.82. The van der Waals surface area contributed by atoms with Crippen molar-refractivity contribution in [1.82, 2.24) is 0 Å². The summed E-state index contributed by atoms with van der Waals surface area (Å²) >= 11 is 0. The van der Waals surface area contributed by atoms with E-state index in [-0.39, 0.29) is 0 Å². The molecule has 1 rings (SSSR count). The van der Waals surface area contributed by atoms with Gasteiger partial charge in [-0.15, -0.1) is 0 Å². The third-order valence-corrected chi connectivity index (χ3v) is 3.47. The van der Waals surface area contributed by atoms with Gasteiger partial charge in [0.2, 0.25) is 0 Å². The van der Waals surface area contributed by atoms with Crippen molar-refractivity contribution in [1.29, 1.82) is 0 Å². The number of quaternary nitrogens is 1. The Morgan fingerprint density at radius 3 is 1.55 bits per heavy atom. The number of nitrogens with zero attached hydrogens (tertiary/aromatic N) is 1. The molecule has 0 amide bonds. The van der Waals surface area contributed by atoms with E-state index in [2.05, 4.69) is 39.8 Å². The van der Waals surface area contributed by atoms with Crippen molar-refractivity contribution in [2.45, 2.75) is 39.8 Å². The van der Waals surface area contributed by atoms with Crippen molar-refractivity contribution in [2.24, 2.45) is 0 Å². The molecule has 11 heavy (non-hydrogen) atoms. The lowest BCUT2D eigenvalue weighted by molar-refractivity contribution is -0.950. The Morgan fingerprint density at radius 1 is 1.00 bits per heavy atom. The smallest absolute Gasteiger partial charge is 0.105 e. The average Bonchev–Trinajstić information content (AvgIpc) is 2.29. The van der Waals surface area contributed by atoms with E-state index in [1.807, 2.05) is 0 Å². The highest BCUT2D eigenvalue weighted by Crippen LogP contribution is 2.26. The zero-order valence-electron chi connectivity index (χ0n) is 8.17. The van der Waals surface area contributed by atoms with Gasteiger partial charge in [0, 0.05) is 0 Å². The number of hydrogen-bond donors (Lipinski definition) is 0. The number of rotatable bonds is 2. The molecule has 0 bridgehead atoms. The summed E-state index contributed by atoms with van der Waals surface area (Å²) < 4.78 is 1.25. The third-order valence-electron chi connectivity index (χ3n) is 3.47. The monoisotopic (exact) mass is 154 g/mol. The summed E-state index contributed by atoms with van der Waals surface area (Å²) in [7, 11) is 0. The van der Waals surface area contributed by atoms with Crippen LogP contribution >= 0.6 is 0 Å². The topological polar surface area (TPSA) is 0 Å². The van der Waals surface area contributed by atoms with Gasteiger partial charge in [-0.1, -0.05) is 0 Å². The largest absolute Gasteiger partial charge is 0.313 e. The van der Waals surface area contributed by atoms with Crippen molar-refractivity contribution >= 4 is 0 Å². The summed E-state index contributed by atoms with van der Waals surface area (Å²) in [6.45, 7) is 11.8. The molecule has 1 heterocycles. The van der Waals surface area contributed by atoms with E-state index in [4.69, 9.17) is 0 Å². The number of likely N-dealkylation sites (N-methyl/N-ethyl adjacent to an activating group) is 1. The second-order valence-corrected chi connectivity index (χ2v) is 3.60. The third kappa shape index (κ3) is 1.12. The van der Waals surface area contributed by atoms with Gasteiger partial charge in [0.05, 0.1) is 13.1 Å². The van der Waals surface area contributed by atoms with Gasteiger partial charge in [-0.3, -0.25) is 0 Å². The Labute approximate surface area is 70.3 Å². The Bertz CT molecular complexity index is 142. The van der Waals surface area contributed by atoms with E-state index in [0.717, 1.165) is 12.1 Å². The first-order valence-electron chi connectivity index (χ1n) is 4.72. The average molecular weight is 154 g/mol. The molecule has 1 aliphatic heterocycles. The molecule has 0 fully saturated rings. The van der Waals surface area contributed by atoms with Crippen LogP contribution in [0.15, 0.2) is 12.2 Å². The molecule has 64 valence electrons. The van der Waals surface area contributed by atoms with Gasteiger partial charge in [0.25, 0.3) is 0 Å². The predicted molar refractivity (Wildman–Crippen MR) is 49.4 cm³/mol. The van der Waals surface area contributed by atoms with Crippen LogP contribution in [0.2, 0.25) is 0 Å². The molecule has 1 heteroatoms. The maximum absolute atomic E-state index is 2.36. The van der Waals surface area contributed by atoms with E-state index in [1.165, 1.54) is 17.6 Å². The fourth-order valence-corrected chi connectivity index (χ4v) is 2.41. The Hall–Kier alpha value is -0.300. The molecule has 0 aromatic heterocycles. The van der Waals surface area contributed by atoms with Gasteiger partial charge in [-0.05, 0) is 39.8 Å². The quantitative estimate of drug-likeness (QED) is 0.422. The molecular formula is C10H20N+. The molecule has 0 saturated carbocycles. The summed E-state index contributed by atoms with van der Waals surface area (Å²) in [4.78, 5) is 0. The van der Waals surface area contributed by atoms with Crippen molar-refractivity contribution in [3.63, 3.8) is 0 Å². The highest BCUT2D eigenvalue weighted by molar-refractivity contribution is 4.99. The zero-order valence-corrected chi connectivity index (χ0v) is 8.17. The molecule has 0 saturated heterocycles. The van der Waals surface area contributed by atoms with Gasteiger partial charge < -0.3 is 4.48 Å².